The number of nitrogens with zero attached hydrogens (tertiary/aromatic N) is 1. The summed E-state index contributed by atoms with van der Waals surface area (Å²) >= 11 is 0. The summed E-state index contributed by atoms with van der Waals surface area (Å²) in [6, 6.07) is 17.6. The number of methoxy groups -OCH3 is 2. The summed E-state index contributed by atoms with van der Waals surface area (Å²) in [5, 5.41) is 6.95. The van der Waals surface area contributed by atoms with Crippen LogP contribution in [0.5, 0.6) is 0 Å². The highest BCUT2D eigenvalue weighted by molar-refractivity contribution is 6.07. The molecule has 6 heteroatoms. The highest BCUT2D eigenvalue weighted by atomic mass is 16.7. The Labute approximate surface area is 171 Å². The van der Waals surface area contributed by atoms with Crippen molar-refractivity contribution >= 4 is 28.3 Å². The van der Waals surface area contributed by atoms with Gasteiger partial charge in [0.2, 0.25) is 0 Å². The van der Waals surface area contributed by atoms with E-state index in [1.54, 1.807) is 6.07 Å². The smallest absolute Gasteiger partial charge is 0.252 e. The minimum Gasteiger partial charge on any atom is -0.354 e. The van der Waals surface area contributed by atoms with Gasteiger partial charge in [-0.05, 0) is 35.7 Å². The van der Waals surface area contributed by atoms with E-state index >= 15 is 0 Å². The quantitative estimate of drug-likeness (QED) is 0.553. The number of benzene rings is 2. The van der Waals surface area contributed by atoms with Gasteiger partial charge in [0.05, 0.1) is 17.6 Å². The topological polar surface area (TPSA) is 72.5 Å². The average Bonchev–Trinajstić information content (AvgIpc) is 2.74. The van der Waals surface area contributed by atoms with Crippen molar-refractivity contribution in [1.29, 1.82) is 0 Å². The second-order valence-electron chi connectivity index (χ2n) is 7.08. The average molecular weight is 393 g/mol. The third kappa shape index (κ3) is 5.10. The van der Waals surface area contributed by atoms with E-state index in [0.717, 1.165) is 16.6 Å². The summed E-state index contributed by atoms with van der Waals surface area (Å²) in [6.45, 7) is 4.58. The second-order valence-corrected chi connectivity index (χ2v) is 7.08. The maximum atomic E-state index is 12.8. The zero-order valence-electron chi connectivity index (χ0n) is 17.2. The van der Waals surface area contributed by atoms with E-state index in [1.807, 2.05) is 36.4 Å². The van der Waals surface area contributed by atoms with Gasteiger partial charge in [-0.15, -0.1) is 0 Å². The van der Waals surface area contributed by atoms with Crippen LogP contribution >= 0.6 is 0 Å². The number of rotatable bonds is 8. The molecule has 0 aliphatic heterocycles. The van der Waals surface area contributed by atoms with Crippen molar-refractivity contribution in [2.45, 2.75) is 26.1 Å². The molecule has 3 aromatic rings. The molecule has 0 spiro atoms. The van der Waals surface area contributed by atoms with E-state index in [9.17, 15) is 4.79 Å². The van der Waals surface area contributed by atoms with E-state index < -0.39 is 6.29 Å². The molecule has 0 aliphatic rings. The third-order valence-electron chi connectivity index (χ3n) is 4.77. The normalized spacial score (nSPS) is 11.2. The van der Waals surface area contributed by atoms with Gasteiger partial charge >= 0.3 is 0 Å². The minimum atomic E-state index is -0.496. The number of carbonyl (C=O) groups is 1. The lowest BCUT2D eigenvalue weighted by Crippen LogP contribution is -2.34. The fourth-order valence-corrected chi connectivity index (χ4v) is 3.06. The first-order chi connectivity index (χ1) is 14.0. The van der Waals surface area contributed by atoms with Crippen LogP contribution in [0.1, 0.15) is 35.7 Å². The molecule has 152 valence electrons. The molecule has 0 unspecified atom stereocenters. The Morgan fingerprint density at radius 1 is 1.03 bits per heavy atom. The number of nitrogens with one attached hydrogen (secondary N) is 2. The predicted molar refractivity (Wildman–Crippen MR) is 116 cm³/mol. The lowest BCUT2D eigenvalue weighted by Gasteiger charge is -2.15. The van der Waals surface area contributed by atoms with Crippen molar-refractivity contribution in [1.82, 2.24) is 10.3 Å². The van der Waals surface area contributed by atoms with Crippen molar-refractivity contribution in [2.75, 3.05) is 26.1 Å². The summed E-state index contributed by atoms with van der Waals surface area (Å²) in [5.74, 6) is 0.878. The number of anilines is 2. The van der Waals surface area contributed by atoms with E-state index in [4.69, 9.17) is 9.47 Å². The first kappa shape index (κ1) is 20.8. The van der Waals surface area contributed by atoms with Gasteiger partial charge in [0.1, 0.15) is 5.82 Å². The molecular weight excluding hydrogens is 366 g/mol. The molecule has 6 nitrogen and oxygen atoms in total. The van der Waals surface area contributed by atoms with E-state index in [2.05, 4.69) is 41.6 Å². The molecule has 2 N–H and O–H groups in total. The number of hydrogen-bond donors (Lipinski definition) is 2. The molecule has 3 rings (SSSR count). The summed E-state index contributed by atoms with van der Waals surface area (Å²) in [4.78, 5) is 17.5. The largest absolute Gasteiger partial charge is 0.354 e. The van der Waals surface area contributed by atoms with Gasteiger partial charge in [-0.25, -0.2) is 4.98 Å². The Bertz CT molecular complexity index is 967. The van der Waals surface area contributed by atoms with Gasteiger partial charge in [-0.2, -0.15) is 0 Å². The van der Waals surface area contributed by atoms with E-state index in [-0.39, 0.29) is 12.5 Å². The standard InChI is InChI=1S/C23H27N3O3/c1-15(2)16-9-11-17(12-10-16)25-21-13-19(18-7-5-6-8-20(18)26-21)23(27)24-14-22(28-3)29-4/h5-13,15,22H,14H2,1-4H3,(H,24,27)(H,25,26). The van der Waals surface area contributed by atoms with Gasteiger partial charge in [0.15, 0.2) is 6.29 Å². The highest BCUT2D eigenvalue weighted by Crippen LogP contribution is 2.24. The minimum absolute atomic E-state index is 0.207. The number of amides is 1. The molecule has 0 aliphatic carbocycles. The molecule has 29 heavy (non-hydrogen) atoms. The van der Waals surface area contributed by atoms with Gasteiger partial charge in [0, 0.05) is 25.3 Å². The monoisotopic (exact) mass is 393 g/mol. The first-order valence-electron chi connectivity index (χ1n) is 9.62. The summed E-state index contributed by atoms with van der Waals surface area (Å²) in [7, 11) is 3.07. The summed E-state index contributed by atoms with van der Waals surface area (Å²) in [5.41, 5.74) is 3.48. The fraction of sp³-hybridized carbons (Fsp3) is 0.304. The van der Waals surface area contributed by atoms with E-state index in [1.165, 1.54) is 19.8 Å². The maximum Gasteiger partial charge on any atom is 0.252 e. The molecule has 0 saturated heterocycles. The van der Waals surface area contributed by atoms with Crippen molar-refractivity contribution < 1.29 is 14.3 Å². The van der Waals surface area contributed by atoms with Crippen LogP contribution in [0.2, 0.25) is 0 Å². The Kier molecular flexibility index (Phi) is 6.80. The first-order valence-corrected chi connectivity index (χ1v) is 9.62. The van der Waals surface area contributed by atoms with Crippen LogP contribution < -0.4 is 10.6 Å². The molecule has 1 heterocycles. The lowest BCUT2D eigenvalue weighted by molar-refractivity contribution is -0.0974. The molecule has 0 radical (unpaired) electrons. The van der Waals surface area contributed by atoms with Crippen LogP contribution in [0.25, 0.3) is 10.9 Å². The Hall–Kier alpha value is -2.96. The van der Waals surface area contributed by atoms with Gasteiger partial charge in [0.25, 0.3) is 5.91 Å². The summed E-state index contributed by atoms with van der Waals surface area (Å²) < 4.78 is 10.3. The highest BCUT2D eigenvalue weighted by Gasteiger charge is 2.15. The van der Waals surface area contributed by atoms with Gasteiger partial charge in [-0.3, -0.25) is 4.79 Å². The zero-order chi connectivity index (χ0) is 20.8. The Morgan fingerprint density at radius 2 is 1.72 bits per heavy atom. The van der Waals surface area contributed by atoms with Gasteiger partial charge in [-0.1, -0.05) is 44.2 Å². The van der Waals surface area contributed by atoms with Crippen LogP contribution in [0, 0.1) is 0 Å². The van der Waals surface area contributed by atoms with Crippen LogP contribution in [0.3, 0.4) is 0 Å². The second kappa shape index (κ2) is 9.49. The number of ether oxygens (including phenoxy) is 2. The van der Waals surface area contributed by atoms with E-state index in [0.29, 0.717) is 17.3 Å². The molecule has 1 amide bonds. The summed E-state index contributed by atoms with van der Waals surface area (Å²) in [6.07, 6.45) is -0.496. The number of fused-ring (bicyclic) bond motifs is 1. The van der Waals surface area contributed by atoms with Crippen molar-refractivity contribution in [3.8, 4) is 0 Å². The Balaban J connectivity index is 1.88. The molecular formula is C23H27N3O3. The fourth-order valence-electron chi connectivity index (χ4n) is 3.06. The SMILES string of the molecule is COC(CNC(=O)c1cc(Nc2ccc(C(C)C)cc2)nc2ccccc12)OC. The van der Waals surface area contributed by atoms with Crippen LogP contribution in [0.15, 0.2) is 54.6 Å². The van der Waals surface area contributed by atoms with Crippen molar-refractivity contribution in [3.05, 3.63) is 65.7 Å². The van der Waals surface area contributed by atoms with Crippen LogP contribution in [-0.2, 0) is 9.47 Å². The number of pyridine rings is 1. The lowest BCUT2D eigenvalue weighted by atomic mass is 10.0. The number of carbonyl (C=O) groups excluding carboxylic acids is 1. The molecule has 0 atom stereocenters. The zero-order valence-corrected chi connectivity index (χ0v) is 17.2. The Morgan fingerprint density at radius 3 is 2.38 bits per heavy atom. The molecule has 0 saturated carbocycles. The third-order valence-corrected chi connectivity index (χ3v) is 4.77. The van der Waals surface area contributed by atoms with Crippen LogP contribution in [-0.4, -0.2) is 37.9 Å². The number of hydrogen-bond acceptors (Lipinski definition) is 5. The molecule has 0 fully saturated rings. The molecule has 0 bridgehead atoms. The number of para-hydroxylation sites is 1. The van der Waals surface area contributed by atoms with Crippen molar-refractivity contribution in [2.24, 2.45) is 0 Å². The maximum absolute atomic E-state index is 12.8. The van der Waals surface area contributed by atoms with Crippen molar-refractivity contribution in [3.63, 3.8) is 0 Å². The van der Waals surface area contributed by atoms with Gasteiger partial charge < -0.3 is 20.1 Å². The predicted octanol–water partition coefficient (Wildman–Crippen LogP) is 4.45. The molecule has 1 aromatic heterocycles. The number of aromatic nitrogens is 1. The van der Waals surface area contributed by atoms with Crippen LogP contribution in [0.4, 0.5) is 11.5 Å². The molecule has 2 aromatic carbocycles.